The van der Waals surface area contributed by atoms with Crippen LogP contribution in [-0.2, 0) is 42.3 Å². The third kappa shape index (κ3) is 18.9. The Bertz CT molecular complexity index is 615. The fourth-order valence-corrected chi connectivity index (χ4v) is 3.54. The normalized spacial score (nSPS) is 15.8. The van der Waals surface area contributed by atoms with Crippen LogP contribution in [0.5, 0.6) is 0 Å². The molecular weight excluding hydrogens is 469 g/mol. The van der Waals surface area contributed by atoms with Crippen molar-refractivity contribution in [2.75, 3.05) is 0 Å². The molecule has 1 aliphatic carbocycles. The van der Waals surface area contributed by atoms with Gasteiger partial charge in [-0.15, -0.1) is 12.2 Å². The summed E-state index contributed by atoms with van der Waals surface area (Å²) in [5.74, 6) is 1.13. The molecule has 0 aromatic heterocycles. The largest absolute Gasteiger partial charge is 0.339 e. The molecule has 0 bridgehead atoms. The Balaban J connectivity index is 0. The van der Waals surface area contributed by atoms with Gasteiger partial charge in [0.25, 0.3) is 0 Å². The summed E-state index contributed by atoms with van der Waals surface area (Å²) in [6.07, 6.45) is 16.9. The number of unbranched alkanes of at least 4 members (excludes halogenated alkanes) is 3. The number of carbonyl (C=O) groups excluding carboxylic acids is 2. The van der Waals surface area contributed by atoms with E-state index in [2.05, 4.69) is 39.7 Å². The number of hydrogen-bond acceptors (Lipinski definition) is 2. The minimum atomic E-state index is 0. The van der Waals surface area contributed by atoms with Crippen LogP contribution < -0.4 is 0 Å². The Labute approximate surface area is 224 Å². The van der Waals surface area contributed by atoms with Gasteiger partial charge in [-0.25, -0.2) is 0 Å². The Hall–Kier alpha value is -0.596. The molecule has 0 saturated heterocycles. The molecule has 32 heavy (non-hydrogen) atoms. The van der Waals surface area contributed by atoms with E-state index in [4.69, 9.17) is 0 Å². The maximum atomic E-state index is 11.5. The Morgan fingerprint density at radius 3 is 2.16 bits per heavy atom. The van der Waals surface area contributed by atoms with Crippen LogP contribution in [0, 0.1) is 19.3 Å². The summed E-state index contributed by atoms with van der Waals surface area (Å²) in [5, 5.41) is 0. The molecule has 0 aliphatic heterocycles. The molecule has 0 spiro atoms. The van der Waals surface area contributed by atoms with Crippen LogP contribution in [-0.4, -0.2) is 11.6 Å². The average molecular weight is 516 g/mol. The number of allylic oxidation sites excluding steroid dienone is 4. The summed E-state index contributed by atoms with van der Waals surface area (Å²) in [6.45, 7) is 22.7. The number of hydrogen-bond donors (Lipinski definition) is 0. The second-order valence-electron chi connectivity index (χ2n) is 9.07. The van der Waals surface area contributed by atoms with Crippen molar-refractivity contribution in [1.82, 2.24) is 0 Å². The molecular formula is C29H46O2Y-2. The molecule has 3 heteroatoms. The number of rotatable bonds is 13. The van der Waals surface area contributed by atoms with Gasteiger partial charge in [-0.05, 0) is 75.9 Å². The van der Waals surface area contributed by atoms with E-state index >= 15 is 0 Å². The van der Waals surface area contributed by atoms with Crippen molar-refractivity contribution in [3.8, 4) is 0 Å². The van der Waals surface area contributed by atoms with Crippen molar-refractivity contribution in [2.45, 2.75) is 104 Å². The number of Topliss-reactive ketones (excluding diaryl/α,β-unsaturated/α-hetero) is 2. The minimum absolute atomic E-state index is 0. The zero-order chi connectivity index (χ0) is 23.6. The molecule has 1 radical (unpaired) electrons. The third-order valence-electron chi connectivity index (χ3n) is 5.90. The maximum absolute atomic E-state index is 11.5. The molecule has 1 atom stereocenters. The van der Waals surface area contributed by atoms with E-state index in [0.717, 1.165) is 50.9 Å². The molecule has 1 aliphatic rings. The van der Waals surface area contributed by atoms with Gasteiger partial charge in [0.2, 0.25) is 0 Å². The topological polar surface area (TPSA) is 34.1 Å². The van der Waals surface area contributed by atoms with Crippen molar-refractivity contribution in [3.63, 3.8) is 0 Å². The summed E-state index contributed by atoms with van der Waals surface area (Å²) in [6, 6.07) is 0. The monoisotopic (exact) mass is 515 g/mol. The maximum Gasteiger partial charge on any atom is 0.157 e. The van der Waals surface area contributed by atoms with Crippen molar-refractivity contribution in [3.05, 3.63) is 62.0 Å². The van der Waals surface area contributed by atoms with Crippen molar-refractivity contribution >= 4 is 11.6 Å². The molecule has 179 valence electrons. The predicted molar refractivity (Wildman–Crippen MR) is 136 cm³/mol. The molecule has 0 heterocycles. The fourth-order valence-electron chi connectivity index (χ4n) is 3.54. The van der Waals surface area contributed by atoms with Crippen LogP contribution in [0.4, 0.5) is 0 Å². The van der Waals surface area contributed by atoms with Gasteiger partial charge in [0.05, 0.1) is 0 Å². The first kappa shape index (κ1) is 33.6. The molecule has 1 saturated carbocycles. The molecule has 0 aromatic carbocycles. The third-order valence-corrected chi connectivity index (χ3v) is 5.90. The summed E-state index contributed by atoms with van der Waals surface area (Å²) < 4.78 is 0. The smallest absolute Gasteiger partial charge is 0.157 e. The van der Waals surface area contributed by atoms with Gasteiger partial charge in [-0.2, -0.15) is 19.3 Å². The Kier molecular flexibility index (Phi) is 22.0. The summed E-state index contributed by atoms with van der Waals surface area (Å²) in [7, 11) is 0. The van der Waals surface area contributed by atoms with Crippen molar-refractivity contribution < 1.29 is 42.3 Å². The van der Waals surface area contributed by atoms with Gasteiger partial charge < -0.3 is 13.3 Å². The standard InChI is InChI=1S/C15H24O.C14H22O.Y/c1-12(2)15(16)11-10-14-7-5-4-6-13(3)8-9-14;1-5-13(4)10-8-6-7-9-11-14(15)12(2)3;/h14H,1,3-11H2,2H3;7H,1-2,4-6,8-11H2,3H3;/q;-2;. The summed E-state index contributed by atoms with van der Waals surface area (Å²) in [4.78, 5) is 22.7. The van der Waals surface area contributed by atoms with Crippen LogP contribution in [0.2, 0.25) is 0 Å². The van der Waals surface area contributed by atoms with Crippen molar-refractivity contribution in [1.29, 1.82) is 0 Å². The first-order valence-electron chi connectivity index (χ1n) is 12.0. The van der Waals surface area contributed by atoms with Gasteiger partial charge in [0.1, 0.15) is 0 Å². The first-order valence-corrected chi connectivity index (χ1v) is 12.0. The first-order chi connectivity index (χ1) is 14.7. The second kappa shape index (κ2) is 21.0. The van der Waals surface area contributed by atoms with Gasteiger partial charge in [-0.1, -0.05) is 44.6 Å². The van der Waals surface area contributed by atoms with E-state index in [1.165, 1.54) is 43.3 Å². The predicted octanol–water partition coefficient (Wildman–Crippen LogP) is 8.50. The number of carbonyl (C=O) groups is 2. The molecule has 2 nitrogen and oxygen atoms in total. The van der Waals surface area contributed by atoms with E-state index in [1.54, 1.807) is 6.92 Å². The summed E-state index contributed by atoms with van der Waals surface area (Å²) >= 11 is 0. The van der Waals surface area contributed by atoms with Crippen molar-refractivity contribution in [2.24, 2.45) is 5.92 Å². The van der Waals surface area contributed by atoms with Crippen LogP contribution in [0.25, 0.3) is 0 Å². The Morgan fingerprint density at radius 2 is 1.56 bits per heavy atom. The van der Waals surface area contributed by atoms with Crippen LogP contribution in [0.1, 0.15) is 104 Å². The zero-order valence-electron chi connectivity index (χ0n) is 21.0. The second-order valence-corrected chi connectivity index (χ2v) is 9.07. The molecule has 1 rings (SSSR count). The zero-order valence-corrected chi connectivity index (χ0v) is 23.8. The molecule has 1 fully saturated rings. The van der Waals surface area contributed by atoms with E-state index in [1.807, 2.05) is 6.92 Å². The van der Waals surface area contributed by atoms with E-state index in [9.17, 15) is 9.59 Å². The van der Waals surface area contributed by atoms with Crippen LogP contribution in [0.3, 0.4) is 0 Å². The van der Waals surface area contributed by atoms with Crippen LogP contribution >= 0.6 is 0 Å². The summed E-state index contributed by atoms with van der Waals surface area (Å²) in [5.41, 5.74) is 3.97. The van der Waals surface area contributed by atoms with E-state index in [0.29, 0.717) is 24.0 Å². The molecule has 0 amide bonds. The molecule has 0 N–H and O–H groups in total. The van der Waals surface area contributed by atoms with E-state index in [-0.39, 0.29) is 44.3 Å². The van der Waals surface area contributed by atoms with Gasteiger partial charge in [0.15, 0.2) is 11.6 Å². The minimum Gasteiger partial charge on any atom is -0.339 e. The van der Waals surface area contributed by atoms with Crippen LogP contribution in [0.15, 0.2) is 48.6 Å². The SMILES string of the molecule is C=C(C[CH2-])CCC[CH-]CCC(=O)C(=C)C.C=C1CCCCC(CCC(=O)C(=C)C)CC1.[Y]. The quantitative estimate of drug-likeness (QED) is 0.107. The molecule has 1 unspecified atom stereocenters. The van der Waals surface area contributed by atoms with Gasteiger partial charge in [-0.3, -0.25) is 9.59 Å². The Morgan fingerprint density at radius 1 is 0.938 bits per heavy atom. The average Bonchev–Trinajstić information content (AvgIpc) is 2.72. The van der Waals surface area contributed by atoms with Gasteiger partial charge >= 0.3 is 0 Å². The van der Waals surface area contributed by atoms with Gasteiger partial charge in [0, 0.05) is 39.1 Å². The van der Waals surface area contributed by atoms with E-state index < -0.39 is 0 Å². The number of ketones is 2. The fraction of sp³-hybridized carbons (Fsp3) is 0.586. The molecule has 0 aromatic rings.